The molecule has 0 saturated carbocycles. The second-order valence-electron chi connectivity index (χ2n) is 5.13. The van der Waals surface area contributed by atoms with Crippen LogP contribution in [0.5, 0.6) is 0 Å². The van der Waals surface area contributed by atoms with E-state index < -0.39 is 21.4 Å². The lowest BCUT2D eigenvalue weighted by Crippen LogP contribution is -2.53. The smallest absolute Gasteiger partial charge is 0.243 e. The lowest BCUT2D eigenvalue weighted by atomic mass is 9.99. The van der Waals surface area contributed by atoms with Crippen LogP contribution in [0.4, 0.5) is 4.39 Å². The van der Waals surface area contributed by atoms with Crippen molar-refractivity contribution in [1.29, 1.82) is 0 Å². The van der Waals surface area contributed by atoms with Gasteiger partial charge in [-0.1, -0.05) is 13.8 Å². The molecule has 0 radical (unpaired) electrons. The van der Waals surface area contributed by atoms with E-state index in [0.29, 0.717) is 18.5 Å². The van der Waals surface area contributed by atoms with Gasteiger partial charge in [0, 0.05) is 18.6 Å². The summed E-state index contributed by atoms with van der Waals surface area (Å²) in [5.74, 6) is -0.443. The molecular formula is C14H23FN2O2S. The molecule has 6 heteroatoms. The first kappa shape index (κ1) is 17.1. The van der Waals surface area contributed by atoms with Gasteiger partial charge in [-0.3, -0.25) is 0 Å². The quantitative estimate of drug-likeness (QED) is 0.877. The molecule has 0 aliphatic carbocycles. The van der Waals surface area contributed by atoms with Crippen molar-refractivity contribution in [3.63, 3.8) is 0 Å². The van der Waals surface area contributed by atoms with E-state index in [1.165, 1.54) is 22.5 Å². The summed E-state index contributed by atoms with van der Waals surface area (Å²) in [7, 11) is -3.69. The minimum Gasteiger partial charge on any atom is -0.329 e. The highest BCUT2D eigenvalue weighted by Crippen LogP contribution is 2.28. The van der Waals surface area contributed by atoms with E-state index in [4.69, 9.17) is 5.73 Å². The largest absolute Gasteiger partial charge is 0.329 e. The summed E-state index contributed by atoms with van der Waals surface area (Å²) < 4.78 is 40.2. The van der Waals surface area contributed by atoms with Crippen LogP contribution in [-0.4, -0.2) is 31.4 Å². The molecule has 0 bridgehead atoms. The average Bonchev–Trinajstić information content (AvgIpc) is 2.38. The summed E-state index contributed by atoms with van der Waals surface area (Å²) >= 11 is 0. The number of hydrogen-bond donors (Lipinski definition) is 1. The second-order valence-corrected chi connectivity index (χ2v) is 6.96. The first-order valence-electron chi connectivity index (χ1n) is 6.72. The van der Waals surface area contributed by atoms with E-state index >= 15 is 0 Å². The summed E-state index contributed by atoms with van der Waals surface area (Å²) in [5.41, 5.74) is 5.52. The first-order chi connectivity index (χ1) is 9.22. The molecule has 2 N–H and O–H groups in total. The van der Waals surface area contributed by atoms with Crippen LogP contribution in [0, 0.1) is 12.7 Å². The molecule has 0 heterocycles. The van der Waals surface area contributed by atoms with Gasteiger partial charge in [-0.25, -0.2) is 12.8 Å². The monoisotopic (exact) mass is 302 g/mol. The molecule has 4 nitrogen and oxygen atoms in total. The topological polar surface area (TPSA) is 63.4 Å². The number of sulfonamides is 1. The number of halogens is 1. The molecule has 20 heavy (non-hydrogen) atoms. The number of rotatable bonds is 6. The number of likely N-dealkylation sites (N-methyl/N-ethyl adjacent to an activating group) is 1. The number of benzene rings is 1. The fourth-order valence-corrected chi connectivity index (χ4v) is 4.35. The van der Waals surface area contributed by atoms with Crippen LogP contribution < -0.4 is 5.73 Å². The Morgan fingerprint density at radius 1 is 1.35 bits per heavy atom. The third-order valence-electron chi connectivity index (χ3n) is 3.80. The van der Waals surface area contributed by atoms with Gasteiger partial charge < -0.3 is 5.73 Å². The van der Waals surface area contributed by atoms with Crippen LogP contribution >= 0.6 is 0 Å². The molecule has 0 amide bonds. The SMILES string of the molecule is CCN(C(C)(CC)CN)S(=O)(=O)c1ccc(F)cc1C. The van der Waals surface area contributed by atoms with E-state index in [0.717, 1.165) is 0 Å². The third-order valence-corrected chi connectivity index (χ3v) is 6.09. The van der Waals surface area contributed by atoms with Gasteiger partial charge >= 0.3 is 0 Å². The second kappa shape index (κ2) is 6.20. The molecule has 1 aromatic carbocycles. The Morgan fingerprint density at radius 3 is 2.35 bits per heavy atom. The zero-order chi connectivity index (χ0) is 15.6. The molecule has 1 rings (SSSR count). The Morgan fingerprint density at radius 2 is 1.95 bits per heavy atom. The molecule has 0 aliphatic heterocycles. The van der Waals surface area contributed by atoms with Gasteiger partial charge in [0.15, 0.2) is 0 Å². The molecule has 1 atom stereocenters. The molecular weight excluding hydrogens is 279 g/mol. The predicted molar refractivity (Wildman–Crippen MR) is 78.5 cm³/mol. The van der Waals surface area contributed by atoms with Crippen LogP contribution in [0.2, 0.25) is 0 Å². The lowest BCUT2D eigenvalue weighted by molar-refractivity contribution is 0.214. The van der Waals surface area contributed by atoms with E-state index in [1.54, 1.807) is 13.8 Å². The average molecular weight is 302 g/mol. The van der Waals surface area contributed by atoms with E-state index in [-0.39, 0.29) is 11.4 Å². The molecule has 114 valence electrons. The highest BCUT2D eigenvalue weighted by Gasteiger charge is 2.37. The highest BCUT2D eigenvalue weighted by atomic mass is 32.2. The minimum atomic E-state index is -3.69. The molecule has 1 unspecified atom stereocenters. The minimum absolute atomic E-state index is 0.133. The van der Waals surface area contributed by atoms with Crippen LogP contribution in [0.15, 0.2) is 23.1 Å². The van der Waals surface area contributed by atoms with Gasteiger partial charge in [-0.15, -0.1) is 0 Å². The maximum atomic E-state index is 13.2. The van der Waals surface area contributed by atoms with Crippen molar-refractivity contribution in [2.75, 3.05) is 13.1 Å². The van der Waals surface area contributed by atoms with E-state index in [1.807, 2.05) is 13.8 Å². The van der Waals surface area contributed by atoms with Crippen molar-refractivity contribution in [2.24, 2.45) is 5.73 Å². The zero-order valence-corrected chi connectivity index (χ0v) is 13.3. The molecule has 0 saturated heterocycles. The zero-order valence-electron chi connectivity index (χ0n) is 12.5. The van der Waals surface area contributed by atoms with Crippen LogP contribution in [0.1, 0.15) is 32.8 Å². The van der Waals surface area contributed by atoms with Crippen molar-refractivity contribution in [2.45, 2.75) is 44.6 Å². The van der Waals surface area contributed by atoms with Crippen molar-refractivity contribution < 1.29 is 12.8 Å². The number of hydrogen-bond acceptors (Lipinski definition) is 3. The van der Waals surface area contributed by atoms with Crippen molar-refractivity contribution in [3.05, 3.63) is 29.6 Å². The highest BCUT2D eigenvalue weighted by molar-refractivity contribution is 7.89. The third kappa shape index (κ3) is 3.02. The summed E-state index contributed by atoms with van der Waals surface area (Å²) in [5, 5.41) is 0. The van der Waals surface area contributed by atoms with Gasteiger partial charge in [-0.05, 0) is 44.0 Å². The molecule has 0 aliphatic rings. The normalized spacial score (nSPS) is 15.3. The van der Waals surface area contributed by atoms with Crippen LogP contribution in [-0.2, 0) is 10.0 Å². The Kier molecular flexibility index (Phi) is 5.29. The fraction of sp³-hybridized carbons (Fsp3) is 0.571. The lowest BCUT2D eigenvalue weighted by Gasteiger charge is -2.38. The Balaban J connectivity index is 3.39. The standard InChI is InChI=1S/C14H23FN2O2S/c1-5-14(4,10-16)17(6-2)20(18,19)13-8-7-12(15)9-11(13)3/h7-9H,5-6,10,16H2,1-4H3. The van der Waals surface area contributed by atoms with E-state index in [9.17, 15) is 12.8 Å². The van der Waals surface area contributed by atoms with Gasteiger partial charge in [0.1, 0.15) is 5.82 Å². The summed E-state index contributed by atoms with van der Waals surface area (Å²) in [6.45, 7) is 7.66. The summed E-state index contributed by atoms with van der Waals surface area (Å²) in [4.78, 5) is 0.133. The summed E-state index contributed by atoms with van der Waals surface area (Å²) in [6, 6.07) is 3.71. The van der Waals surface area contributed by atoms with Gasteiger partial charge in [0.25, 0.3) is 0 Å². The molecule has 0 spiro atoms. The fourth-order valence-electron chi connectivity index (χ4n) is 2.29. The Bertz CT molecular complexity index is 569. The molecule has 0 fully saturated rings. The maximum Gasteiger partial charge on any atom is 0.243 e. The van der Waals surface area contributed by atoms with Crippen molar-refractivity contribution in [3.8, 4) is 0 Å². The number of nitrogens with two attached hydrogens (primary N) is 1. The van der Waals surface area contributed by atoms with Crippen molar-refractivity contribution in [1.82, 2.24) is 4.31 Å². The maximum absolute atomic E-state index is 13.2. The molecule has 1 aromatic rings. The van der Waals surface area contributed by atoms with Crippen molar-refractivity contribution >= 4 is 10.0 Å². The van der Waals surface area contributed by atoms with Gasteiger partial charge in [0.2, 0.25) is 10.0 Å². The number of nitrogens with zero attached hydrogens (tertiary/aromatic N) is 1. The Hall–Kier alpha value is -0.980. The molecule has 0 aromatic heterocycles. The van der Waals surface area contributed by atoms with Gasteiger partial charge in [-0.2, -0.15) is 4.31 Å². The van der Waals surface area contributed by atoms with E-state index in [2.05, 4.69) is 0 Å². The van der Waals surface area contributed by atoms with Crippen LogP contribution in [0.25, 0.3) is 0 Å². The van der Waals surface area contributed by atoms with Crippen LogP contribution in [0.3, 0.4) is 0 Å². The number of aryl methyl sites for hydroxylation is 1. The summed E-state index contributed by atoms with van der Waals surface area (Å²) in [6.07, 6.45) is 0.608. The Labute approximate surface area is 120 Å². The predicted octanol–water partition coefficient (Wildman–Crippen LogP) is 2.27. The first-order valence-corrected chi connectivity index (χ1v) is 8.16. The van der Waals surface area contributed by atoms with Gasteiger partial charge in [0.05, 0.1) is 4.90 Å².